The first-order chi connectivity index (χ1) is 13.5. The summed E-state index contributed by atoms with van der Waals surface area (Å²) in [5.41, 5.74) is 2.02. The van der Waals surface area contributed by atoms with Crippen molar-refractivity contribution in [2.24, 2.45) is 0 Å². The van der Waals surface area contributed by atoms with Crippen molar-refractivity contribution in [2.75, 3.05) is 26.2 Å². The second-order valence-corrected chi connectivity index (χ2v) is 8.71. The van der Waals surface area contributed by atoms with Crippen LogP contribution in [0.2, 0.25) is 0 Å². The van der Waals surface area contributed by atoms with E-state index in [1.165, 1.54) is 28.6 Å². The smallest absolute Gasteiger partial charge is 0.243 e. The van der Waals surface area contributed by atoms with Crippen LogP contribution < -0.4 is 0 Å². The normalized spacial score (nSPS) is 17.4. The minimum atomic E-state index is -3.56. The van der Waals surface area contributed by atoms with Crippen molar-refractivity contribution < 1.29 is 12.8 Å². The number of oxazole rings is 1. The van der Waals surface area contributed by atoms with Crippen LogP contribution in [-0.4, -0.2) is 48.8 Å². The number of hydrogen-bond acceptors (Lipinski definition) is 6. The molecule has 1 atom stereocenters. The first-order valence-corrected chi connectivity index (χ1v) is 10.5. The summed E-state index contributed by atoms with van der Waals surface area (Å²) in [7, 11) is -3.56. The largest absolute Gasteiger partial charge is 0.439 e. The third-order valence-electron chi connectivity index (χ3n) is 5.11. The van der Waals surface area contributed by atoms with Crippen LogP contribution in [0.5, 0.6) is 0 Å². The standard InChI is InChI=1S/C20H20N4O3S/c1-15(20-22-18-4-2-3-5-19(18)27-20)23-10-12-24(13-11-23)28(25,26)17-8-6-16(14-21)7-9-17/h2-9,15H,10-13H2,1H3/t15-/m1/s1. The van der Waals surface area contributed by atoms with Crippen molar-refractivity contribution in [1.29, 1.82) is 5.26 Å². The van der Waals surface area contributed by atoms with Crippen LogP contribution in [0.25, 0.3) is 11.1 Å². The van der Waals surface area contributed by atoms with Gasteiger partial charge in [0.2, 0.25) is 15.9 Å². The van der Waals surface area contributed by atoms with Crippen molar-refractivity contribution >= 4 is 21.1 Å². The van der Waals surface area contributed by atoms with E-state index in [1.54, 1.807) is 0 Å². The molecule has 2 heterocycles. The molecule has 3 aromatic rings. The van der Waals surface area contributed by atoms with Crippen LogP contribution in [0.15, 0.2) is 57.8 Å². The van der Waals surface area contributed by atoms with Crippen molar-refractivity contribution in [3.8, 4) is 6.07 Å². The summed E-state index contributed by atoms with van der Waals surface area (Å²) in [6.07, 6.45) is 0. The molecule has 0 radical (unpaired) electrons. The van der Waals surface area contributed by atoms with Crippen LogP contribution in [-0.2, 0) is 10.0 Å². The minimum Gasteiger partial charge on any atom is -0.439 e. The van der Waals surface area contributed by atoms with Gasteiger partial charge in [-0.25, -0.2) is 13.4 Å². The molecule has 0 unspecified atom stereocenters. The van der Waals surface area contributed by atoms with Gasteiger partial charge >= 0.3 is 0 Å². The average molecular weight is 396 g/mol. The van der Waals surface area contributed by atoms with Crippen LogP contribution in [0.4, 0.5) is 0 Å². The molecule has 0 aliphatic carbocycles. The highest BCUT2D eigenvalue weighted by molar-refractivity contribution is 7.89. The second kappa shape index (κ2) is 7.36. The lowest BCUT2D eigenvalue weighted by Gasteiger charge is -2.36. The van der Waals surface area contributed by atoms with E-state index in [0.29, 0.717) is 37.6 Å². The fraction of sp³-hybridized carbons (Fsp3) is 0.300. The minimum absolute atomic E-state index is 0.0350. The Morgan fingerprint density at radius 1 is 1.07 bits per heavy atom. The molecule has 0 spiro atoms. The third-order valence-corrected chi connectivity index (χ3v) is 7.02. The number of benzene rings is 2. The van der Waals surface area contributed by atoms with Crippen molar-refractivity contribution in [3.05, 3.63) is 60.0 Å². The van der Waals surface area contributed by atoms with E-state index >= 15 is 0 Å². The molecule has 1 aliphatic rings. The van der Waals surface area contributed by atoms with Gasteiger partial charge in [0, 0.05) is 26.2 Å². The Balaban J connectivity index is 1.45. The fourth-order valence-corrected chi connectivity index (χ4v) is 4.83. The van der Waals surface area contributed by atoms with Crippen LogP contribution >= 0.6 is 0 Å². The highest BCUT2D eigenvalue weighted by Gasteiger charge is 2.31. The maximum absolute atomic E-state index is 12.8. The van der Waals surface area contributed by atoms with E-state index in [-0.39, 0.29) is 10.9 Å². The van der Waals surface area contributed by atoms with E-state index in [9.17, 15) is 8.42 Å². The molecule has 7 nitrogen and oxygen atoms in total. The molecule has 1 aromatic heterocycles. The fourth-order valence-electron chi connectivity index (χ4n) is 3.41. The predicted octanol–water partition coefficient (Wildman–Crippen LogP) is 2.77. The highest BCUT2D eigenvalue weighted by Crippen LogP contribution is 2.26. The number of rotatable bonds is 4. The first kappa shape index (κ1) is 18.6. The zero-order valence-electron chi connectivity index (χ0n) is 15.4. The van der Waals surface area contributed by atoms with E-state index in [0.717, 1.165) is 11.1 Å². The number of aromatic nitrogens is 1. The van der Waals surface area contributed by atoms with Crippen molar-refractivity contribution in [2.45, 2.75) is 17.9 Å². The van der Waals surface area contributed by atoms with Gasteiger partial charge in [-0.15, -0.1) is 0 Å². The second-order valence-electron chi connectivity index (χ2n) is 6.77. The lowest BCUT2D eigenvalue weighted by molar-refractivity contribution is 0.130. The van der Waals surface area contributed by atoms with Gasteiger partial charge in [-0.1, -0.05) is 12.1 Å². The molecule has 0 bridgehead atoms. The molecule has 1 fully saturated rings. The lowest BCUT2D eigenvalue weighted by Crippen LogP contribution is -2.49. The van der Waals surface area contributed by atoms with E-state index in [4.69, 9.17) is 9.68 Å². The van der Waals surface area contributed by atoms with Gasteiger partial charge in [-0.2, -0.15) is 9.57 Å². The molecular weight excluding hydrogens is 376 g/mol. The van der Waals surface area contributed by atoms with Gasteiger partial charge in [0.1, 0.15) is 5.52 Å². The number of para-hydroxylation sites is 2. The number of hydrogen-bond donors (Lipinski definition) is 0. The van der Waals surface area contributed by atoms with Crippen LogP contribution in [0.3, 0.4) is 0 Å². The summed E-state index contributed by atoms with van der Waals surface area (Å²) >= 11 is 0. The Labute approximate surface area is 163 Å². The third kappa shape index (κ3) is 3.40. The SMILES string of the molecule is C[C@H](c1nc2ccccc2o1)N1CCN(S(=O)(=O)c2ccc(C#N)cc2)CC1. The monoisotopic (exact) mass is 396 g/mol. The van der Waals surface area contributed by atoms with Gasteiger partial charge in [0.25, 0.3) is 0 Å². The van der Waals surface area contributed by atoms with Crippen LogP contribution in [0.1, 0.15) is 24.4 Å². The summed E-state index contributed by atoms with van der Waals surface area (Å²) in [5.74, 6) is 0.643. The maximum Gasteiger partial charge on any atom is 0.243 e. The Hall–Kier alpha value is -2.73. The topological polar surface area (TPSA) is 90.4 Å². The number of sulfonamides is 1. The Kier molecular flexibility index (Phi) is 4.89. The van der Waals surface area contributed by atoms with Gasteiger partial charge in [-0.05, 0) is 43.3 Å². The number of nitriles is 1. The summed E-state index contributed by atoms with van der Waals surface area (Å²) < 4.78 is 33.0. The molecule has 0 amide bonds. The first-order valence-electron chi connectivity index (χ1n) is 9.09. The van der Waals surface area contributed by atoms with E-state index in [1.807, 2.05) is 37.3 Å². The van der Waals surface area contributed by atoms with E-state index < -0.39 is 10.0 Å². The van der Waals surface area contributed by atoms with Gasteiger partial charge in [0.15, 0.2) is 5.58 Å². The summed E-state index contributed by atoms with van der Waals surface area (Å²) in [6, 6.07) is 15.6. The number of nitrogens with zero attached hydrogens (tertiary/aromatic N) is 4. The van der Waals surface area contributed by atoms with Gasteiger partial charge < -0.3 is 4.42 Å². The quantitative estimate of drug-likeness (QED) is 0.674. The Morgan fingerprint density at radius 2 is 1.75 bits per heavy atom. The maximum atomic E-state index is 12.8. The summed E-state index contributed by atoms with van der Waals surface area (Å²) in [6.45, 7) is 4.00. The van der Waals surface area contributed by atoms with Crippen molar-refractivity contribution in [1.82, 2.24) is 14.2 Å². The number of piperazine rings is 1. The van der Waals surface area contributed by atoms with Crippen LogP contribution in [0, 0.1) is 11.3 Å². The molecule has 0 saturated carbocycles. The van der Waals surface area contributed by atoms with E-state index in [2.05, 4.69) is 9.88 Å². The predicted molar refractivity (Wildman–Crippen MR) is 104 cm³/mol. The number of fused-ring (bicyclic) bond motifs is 1. The lowest BCUT2D eigenvalue weighted by atomic mass is 10.2. The highest BCUT2D eigenvalue weighted by atomic mass is 32.2. The Bertz CT molecular complexity index is 1090. The molecular formula is C20H20N4O3S. The zero-order valence-corrected chi connectivity index (χ0v) is 16.3. The molecule has 144 valence electrons. The summed E-state index contributed by atoms with van der Waals surface area (Å²) in [4.78, 5) is 6.94. The molecule has 0 N–H and O–H groups in total. The molecule has 8 heteroatoms. The zero-order chi connectivity index (χ0) is 19.7. The molecule has 2 aromatic carbocycles. The average Bonchev–Trinajstić information content (AvgIpc) is 3.17. The van der Waals surface area contributed by atoms with Gasteiger partial charge in [-0.3, -0.25) is 4.90 Å². The van der Waals surface area contributed by atoms with Gasteiger partial charge in [0.05, 0.1) is 22.6 Å². The van der Waals surface area contributed by atoms with Crippen molar-refractivity contribution in [3.63, 3.8) is 0 Å². The summed E-state index contributed by atoms with van der Waals surface area (Å²) in [5, 5.41) is 8.87. The molecule has 4 rings (SSSR count). The molecule has 1 aliphatic heterocycles. The Morgan fingerprint density at radius 3 is 2.39 bits per heavy atom. The molecule has 1 saturated heterocycles. The molecule has 28 heavy (non-hydrogen) atoms.